The molecule has 0 bridgehead atoms. The number of ether oxygens (including phenoxy) is 1. The smallest absolute Gasteiger partial charge is 0.379 e. The lowest BCUT2D eigenvalue weighted by atomic mass is 9.80. The van der Waals surface area contributed by atoms with E-state index >= 15 is 0 Å². The van der Waals surface area contributed by atoms with Gasteiger partial charge < -0.3 is 9.76 Å². The lowest BCUT2D eigenvalue weighted by Gasteiger charge is -2.33. The molecule has 0 spiro atoms. The molecule has 1 heterocycles. The van der Waals surface area contributed by atoms with E-state index < -0.39 is 12.8 Å². The lowest BCUT2D eigenvalue weighted by Crippen LogP contribution is -2.53. The summed E-state index contributed by atoms with van der Waals surface area (Å²) < 4.78 is 5.43. The van der Waals surface area contributed by atoms with Crippen molar-refractivity contribution in [2.24, 2.45) is 0 Å². The van der Waals surface area contributed by atoms with E-state index in [2.05, 4.69) is 0 Å². The van der Waals surface area contributed by atoms with E-state index in [-0.39, 0.29) is 11.8 Å². The van der Waals surface area contributed by atoms with Crippen LogP contribution in [0.5, 0.6) is 0 Å². The van der Waals surface area contributed by atoms with E-state index in [1.807, 2.05) is 13.8 Å². The van der Waals surface area contributed by atoms with Crippen LogP contribution in [0.1, 0.15) is 20.8 Å². The topological polar surface area (TPSA) is 49.8 Å². The summed E-state index contributed by atoms with van der Waals surface area (Å²) in [6.07, 6.45) is 0. The number of Topliss-reactive ketones (excluding diaryl/α,β-unsaturated/α-hetero) is 1. The first kappa shape index (κ1) is 10.7. The van der Waals surface area contributed by atoms with Gasteiger partial charge in [0.25, 0.3) is 0 Å². The molecule has 0 radical (unpaired) electrons. The molecule has 0 aromatic heterocycles. The summed E-state index contributed by atoms with van der Waals surface area (Å²) in [4.78, 5) is 12.9. The molecular formula is C8H16BNO3. The van der Waals surface area contributed by atoms with E-state index in [4.69, 9.17) is 4.74 Å². The molecule has 74 valence electrons. The summed E-state index contributed by atoms with van der Waals surface area (Å²) in [5.74, 6) is 0.0338. The molecule has 0 aliphatic carbocycles. The Balaban J connectivity index is 2.86. The third-order valence-corrected chi connectivity index (χ3v) is 2.42. The monoisotopic (exact) mass is 185 g/mol. The summed E-state index contributed by atoms with van der Waals surface area (Å²) in [6.45, 7) is 7.23. The first-order valence-electron chi connectivity index (χ1n) is 4.47. The zero-order valence-corrected chi connectivity index (χ0v) is 8.57. The van der Waals surface area contributed by atoms with E-state index in [0.717, 1.165) is 0 Å². The molecular weight excluding hydrogens is 169 g/mol. The third kappa shape index (κ3) is 1.93. The molecule has 0 saturated carbocycles. The van der Waals surface area contributed by atoms with E-state index in [0.29, 0.717) is 6.61 Å². The summed E-state index contributed by atoms with van der Waals surface area (Å²) in [5, 5.41) is 9.50. The van der Waals surface area contributed by atoms with E-state index in [9.17, 15) is 9.82 Å². The van der Waals surface area contributed by atoms with Gasteiger partial charge in [-0.3, -0.25) is 9.61 Å². The average molecular weight is 185 g/mol. The van der Waals surface area contributed by atoms with Gasteiger partial charge in [0, 0.05) is 0 Å². The molecule has 4 nitrogen and oxygen atoms in total. The van der Waals surface area contributed by atoms with Crippen LogP contribution in [0, 0.1) is 0 Å². The number of carbonyl (C=O) groups excluding carboxylic acids is 1. The highest BCUT2D eigenvalue weighted by Crippen LogP contribution is 2.27. The van der Waals surface area contributed by atoms with Crippen LogP contribution >= 0.6 is 0 Å². The highest BCUT2D eigenvalue weighted by atomic mass is 16.5. The van der Waals surface area contributed by atoms with Crippen LogP contribution in [0.3, 0.4) is 0 Å². The highest BCUT2D eigenvalue weighted by molar-refractivity contribution is 6.46. The zero-order chi connectivity index (χ0) is 10.2. The molecule has 1 aliphatic rings. The molecule has 1 aliphatic heterocycles. The summed E-state index contributed by atoms with van der Waals surface area (Å²) in [5.41, 5.74) is -0.551. The van der Waals surface area contributed by atoms with Gasteiger partial charge in [-0.25, -0.2) is 0 Å². The Labute approximate surface area is 79.0 Å². The van der Waals surface area contributed by atoms with Gasteiger partial charge in [-0.15, -0.1) is 0 Å². The minimum atomic E-state index is -0.661. The van der Waals surface area contributed by atoms with Crippen molar-refractivity contribution in [2.75, 3.05) is 6.61 Å². The molecule has 13 heavy (non-hydrogen) atoms. The molecule has 1 N–H and O–H groups in total. The second-order valence-corrected chi connectivity index (χ2v) is 3.92. The number of ketones is 1. The lowest BCUT2D eigenvalue weighted by molar-refractivity contribution is -0.120. The first-order chi connectivity index (χ1) is 5.86. The normalized spacial score (nSPS) is 27.6. The second kappa shape index (κ2) is 3.40. The van der Waals surface area contributed by atoms with Crippen molar-refractivity contribution in [3.8, 4) is 0 Å². The molecule has 1 atom stereocenters. The molecule has 1 saturated heterocycles. The number of hydrogen-bond donors (Lipinski definition) is 1. The van der Waals surface area contributed by atoms with Crippen LogP contribution in [0.25, 0.3) is 0 Å². The number of nitrogens with zero attached hydrogens (tertiary/aromatic N) is 1. The van der Waals surface area contributed by atoms with Gasteiger partial charge in [0.2, 0.25) is 0 Å². The largest absolute Gasteiger partial charge is 0.437 e. The molecule has 5 heteroatoms. The maximum absolute atomic E-state index is 11.2. The van der Waals surface area contributed by atoms with Gasteiger partial charge >= 0.3 is 7.05 Å². The first-order valence-corrected chi connectivity index (χ1v) is 4.47. The maximum Gasteiger partial charge on any atom is 0.379 e. The molecule has 1 rings (SSSR count). The average Bonchev–Trinajstić information content (AvgIpc) is 2.24. The maximum atomic E-state index is 11.2. The Kier molecular flexibility index (Phi) is 2.80. The van der Waals surface area contributed by atoms with Gasteiger partial charge in [0.15, 0.2) is 0 Å². The Morgan fingerprint density at radius 2 is 2.23 bits per heavy atom. The van der Waals surface area contributed by atoms with Crippen molar-refractivity contribution in [2.45, 2.75) is 39.4 Å². The quantitative estimate of drug-likeness (QED) is 0.621. The summed E-state index contributed by atoms with van der Waals surface area (Å²) in [7, 11) is -0.661. The third-order valence-electron chi connectivity index (χ3n) is 2.42. The van der Waals surface area contributed by atoms with Crippen molar-refractivity contribution in [1.82, 2.24) is 4.81 Å². The molecule has 0 amide bonds. The van der Waals surface area contributed by atoms with Crippen molar-refractivity contribution in [1.29, 1.82) is 0 Å². The summed E-state index contributed by atoms with van der Waals surface area (Å²) in [6, 6.07) is -0.310. The molecule has 0 aromatic rings. The molecule has 1 fully saturated rings. The Bertz CT molecular complexity index is 217. The fourth-order valence-electron chi connectivity index (χ4n) is 1.84. The second-order valence-electron chi connectivity index (χ2n) is 3.92. The van der Waals surface area contributed by atoms with Crippen molar-refractivity contribution >= 4 is 12.8 Å². The van der Waals surface area contributed by atoms with Crippen LogP contribution in [0.4, 0.5) is 0 Å². The standard InChI is InChI=1S/C8H16BNO3/c1-6(11)7-5-13-8(2,3)10(7)9(4)12/h7,12H,5H2,1-4H3. The fourth-order valence-corrected chi connectivity index (χ4v) is 1.84. The van der Waals surface area contributed by atoms with Crippen LogP contribution in [0.15, 0.2) is 0 Å². The molecule has 1 unspecified atom stereocenters. The Morgan fingerprint density at radius 1 is 1.69 bits per heavy atom. The van der Waals surface area contributed by atoms with Gasteiger partial charge in [0.1, 0.15) is 11.5 Å². The summed E-state index contributed by atoms with van der Waals surface area (Å²) >= 11 is 0. The minimum Gasteiger partial charge on any atom is -0.437 e. The van der Waals surface area contributed by atoms with Crippen molar-refractivity contribution in [3.05, 3.63) is 0 Å². The minimum absolute atomic E-state index is 0.0338. The van der Waals surface area contributed by atoms with Crippen LogP contribution in [-0.2, 0) is 9.53 Å². The Morgan fingerprint density at radius 3 is 2.54 bits per heavy atom. The van der Waals surface area contributed by atoms with Crippen molar-refractivity contribution in [3.63, 3.8) is 0 Å². The highest BCUT2D eigenvalue weighted by Gasteiger charge is 2.45. The predicted octanol–water partition coefficient (Wildman–Crippen LogP) is 0.123. The van der Waals surface area contributed by atoms with Gasteiger partial charge in [-0.2, -0.15) is 0 Å². The Hall–Kier alpha value is -0.385. The number of rotatable bonds is 2. The fraction of sp³-hybridized carbons (Fsp3) is 0.875. The van der Waals surface area contributed by atoms with Crippen LogP contribution < -0.4 is 0 Å². The SMILES string of the molecule is CB(O)N1C(C(C)=O)COC1(C)C. The van der Waals surface area contributed by atoms with Gasteiger partial charge in [-0.1, -0.05) is 0 Å². The van der Waals surface area contributed by atoms with Crippen LogP contribution in [0.2, 0.25) is 6.82 Å². The van der Waals surface area contributed by atoms with E-state index in [1.54, 1.807) is 11.6 Å². The van der Waals surface area contributed by atoms with Gasteiger partial charge in [-0.05, 0) is 27.6 Å². The predicted molar refractivity (Wildman–Crippen MR) is 50.2 cm³/mol. The molecule has 0 aromatic carbocycles. The van der Waals surface area contributed by atoms with Gasteiger partial charge in [0.05, 0.1) is 12.6 Å². The number of carbonyl (C=O) groups is 1. The number of hydrogen-bond acceptors (Lipinski definition) is 4. The van der Waals surface area contributed by atoms with Crippen molar-refractivity contribution < 1.29 is 14.6 Å². The van der Waals surface area contributed by atoms with E-state index in [1.165, 1.54) is 6.92 Å². The van der Waals surface area contributed by atoms with Crippen LogP contribution in [-0.4, -0.2) is 41.0 Å². The zero-order valence-electron chi connectivity index (χ0n) is 8.57.